The first-order valence-corrected chi connectivity index (χ1v) is 6.98. The normalized spacial score (nSPS) is 17.6. The summed E-state index contributed by atoms with van der Waals surface area (Å²) < 4.78 is 5.09. The van der Waals surface area contributed by atoms with Crippen LogP contribution in [0.3, 0.4) is 0 Å². The minimum Gasteiger partial charge on any atom is -0.497 e. The first-order chi connectivity index (χ1) is 9.99. The van der Waals surface area contributed by atoms with Crippen LogP contribution in [0.15, 0.2) is 18.2 Å². The van der Waals surface area contributed by atoms with E-state index in [0.29, 0.717) is 36.0 Å². The molecule has 0 aliphatic carbocycles. The molecule has 2 amide bonds. The van der Waals surface area contributed by atoms with E-state index in [1.54, 1.807) is 23.1 Å². The molecule has 0 radical (unpaired) electrons. The van der Waals surface area contributed by atoms with Gasteiger partial charge < -0.3 is 20.1 Å². The van der Waals surface area contributed by atoms with Crippen LogP contribution >= 0.6 is 11.6 Å². The second kappa shape index (κ2) is 6.67. The van der Waals surface area contributed by atoms with Gasteiger partial charge in [0.05, 0.1) is 17.8 Å². The zero-order valence-corrected chi connectivity index (χ0v) is 12.4. The Bertz CT molecular complexity index is 550. The molecule has 0 bridgehead atoms. The van der Waals surface area contributed by atoms with Crippen molar-refractivity contribution in [1.29, 1.82) is 0 Å². The fraction of sp³-hybridized carbons (Fsp3) is 0.429. The number of nitrogens with one attached hydrogen (secondary N) is 1. The molecule has 7 heteroatoms. The van der Waals surface area contributed by atoms with Crippen LogP contribution < -0.4 is 10.1 Å². The Morgan fingerprint density at radius 2 is 2.29 bits per heavy atom. The number of halogens is 1. The zero-order chi connectivity index (χ0) is 15.4. The second-order valence-corrected chi connectivity index (χ2v) is 5.38. The lowest BCUT2D eigenvalue weighted by Gasteiger charge is -2.18. The van der Waals surface area contributed by atoms with Gasteiger partial charge >= 0.3 is 12.0 Å². The van der Waals surface area contributed by atoms with Crippen molar-refractivity contribution in [3.05, 3.63) is 23.2 Å². The number of urea groups is 1. The van der Waals surface area contributed by atoms with E-state index in [2.05, 4.69) is 5.32 Å². The molecule has 1 unspecified atom stereocenters. The lowest BCUT2D eigenvalue weighted by atomic mass is 10.1. The molecule has 1 aromatic carbocycles. The quantitative estimate of drug-likeness (QED) is 0.896. The summed E-state index contributed by atoms with van der Waals surface area (Å²) in [5.74, 6) is -0.230. The molecule has 1 aromatic rings. The van der Waals surface area contributed by atoms with Crippen LogP contribution in [-0.4, -0.2) is 42.2 Å². The maximum Gasteiger partial charge on any atom is 0.321 e. The van der Waals surface area contributed by atoms with Gasteiger partial charge in [-0.3, -0.25) is 4.79 Å². The highest BCUT2D eigenvalue weighted by Gasteiger charge is 2.28. The monoisotopic (exact) mass is 312 g/mol. The third-order valence-electron chi connectivity index (χ3n) is 3.45. The maximum atomic E-state index is 12.2. The number of ether oxygens (including phenoxy) is 1. The van der Waals surface area contributed by atoms with Crippen LogP contribution in [0.1, 0.15) is 12.8 Å². The predicted octanol–water partition coefficient (Wildman–Crippen LogP) is 2.68. The number of anilines is 1. The van der Waals surface area contributed by atoms with E-state index in [0.717, 1.165) is 0 Å². The molecular formula is C14H17ClN2O4. The Morgan fingerprint density at radius 1 is 1.52 bits per heavy atom. The Balaban J connectivity index is 1.97. The number of methoxy groups -OCH3 is 1. The van der Waals surface area contributed by atoms with Gasteiger partial charge in [0.25, 0.3) is 0 Å². The van der Waals surface area contributed by atoms with Gasteiger partial charge in [0.2, 0.25) is 0 Å². The van der Waals surface area contributed by atoms with E-state index in [1.165, 1.54) is 7.11 Å². The predicted molar refractivity (Wildman–Crippen MR) is 79.0 cm³/mol. The Kier molecular flexibility index (Phi) is 4.90. The number of carbonyl (C=O) groups excluding carboxylic acids is 1. The van der Waals surface area contributed by atoms with Crippen LogP contribution in [0.4, 0.5) is 10.5 Å². The minimum atomic E-state index is -0.835. The molecular weight excluding hydrogens is 296 g/mol. The van der Waals surface area contributed by atoms with Gasteiger partial charge in [-0.25, -0.2) is 4.79 Å². The van der Waals surface area contributed by atoms with Gasteiger partial charge in [0.1, 0.15) is 5.75 Å². The average Bonchev–Trinajstić information content (AvgIpc) is 2.89. The van der Waals surface area contributed by atoms with E-state index < -0.39 is 5.97 Å². The standard InChI is InChI=1S/C14H17ClN2O4/c1-21-10-2-3-11(15)12(7-10)16-14(20)17-5-4-9(8-17)6-13(18)19/h2-3,7,9H,4-6,8H2,1H3,(H,16,20)(H,18,19). The molecule has 1 fully saturated rings. The van der Waals surface area contributed by atoms with E-state index in [9.17, 15) is 9.59 Å². The van der Waals surface area contributed by atoms with E-state index in [-0.39, 0.29) is 18.4 Å². The lowest BCUT2D eigenvalue weighted by Crippen LogP contribution is -2.33. The molecule has 2 N–H and O–H groups in total. The molecule has 0 saturated carbocycles. The summed E-state index contributed by atoms with van der Waals surface area (Å²) in [7, 11) is 1.53. The van der Waals surface area contributed by atoms with Crippen LogP contribution in [0, 0.1) is 5.92 Å². The number of carboxylic acids is 1. The van der Waals surface area contributed by atoms with Crippen LogP contribution in [0.25, 0.3) is 0 Å². The highest BCUT2D eigenvalue weighted by atomic mass is 35.5. The third kappa shape index (κ3) is 4.01. The lowest BCUT2D eigenvalue weighted by molar-refractivity contribution is -0.138. The number of likely N-dealkylation sites (tertiary alicyclic amines) is 1. The minimum absolute atomic E-state index is 0.00836. The van der Waals surface area contributed by atoms with Crippen molar-refractivity contribution < 1.29 is 19.4 Å². The molecule has 6 nitrogen and oxygen atoms in total. The number of hydrogen-bond acceptors (Lipinski definition) is 3. The first kappa shape index (κ1) is 15.4. The fourth-order valence-corrected chi connectivity index (χ4v) is 2.52. The summed E-state index contributed by atoms with van der Waals surface area (Å²) in [6.07, 6.45) is 0.787. The number of benzene rings is 1. The first-order valence-electron chi connectivity index (χ1n) is 6.61. The topological polar surface area (TPSA) is 78.9 Å². The molecule has 0 aromatic heterocycles. The van der Waals surface area contributed by atoms with Gasteiger partial charge in [-0.2, -0.15) is 0 Å². The van der Waals surface area contributed by atoms with Crippen LogP contribution in [-0.2, 0) is 4.79 Å². The summed E-state index contributed by atoms with van der Waals surface area (Å²) in [5.41, 5.74) is 0.475. The Morgan fingerprint density at radius 3 is 2.95 bits per heavy atom. The molecule has 114 valence electrons. The van der Waals surface area contributed by atoms with Crippen molar-refractivity contribution >= 4 is 29.3 Å². The fourth-order valence-electron chi connectivity index (χ4n) is 2.35. The average molecular weight is 313 g/mol. The largest absolute Gasteiger partial charge is 0.497 e. The van der Waals surface area contributed by atoms with Crippen molar-refractivity contribution in [3.63, 3.8) is 0 Å². The summed E-state index contributed by atoms with van der Waals surface area (Å²) in [6, 6.07) is 4.72. The van der Waals surface area contributed by atoms with Gasteiger partial charge in [0, 0.05) is 25.6 Å². The van der Waals surface area contributed by atoms with E-state index >= 15 is 0 Å². The summed E-state index contributed by atoms with van der Waals surface area (Å²) in [4.78, 5) is 24.5. The van der Waals surface area contributed by atoms with E-state index in [1.807, 2.05) is 0 Å². The SMILES string of the molecule is COc1ccc(Cl)c(NC(=O)N2CCC(CC(=O)O)C2)c1. The van der Waals surface area contributed by atoms with E-state index in [4.69, 9.17) is 21.4 Å². The molecule has 1 saturated heterocycles. The number of nitrogens with zero attached hydrogens (tertiary/aromatic N) is 1. The number of carboxylic acid groups (broad SMARTS) is 1. The number of rotatable bonds is 4. The third-order valence-corrected chi connectivity index (χ3v) is 3.78. The van der Waals surface area contributed by atoms with Gasteiger partial charge in [-0.15, -0.1) is 0 Å². The molecule has 1 aliphatic heterocycles. The summed E-state index contributed by atoms with van der Waals surface area (Å²) >= 11 is 6.03. The molecule has 0 spiro atoms. The number of aliphatic carboxylic acids is 1. The van der Waals surface area contributed by atoms with Crippen LogP contribution in [0.2, 0.25) is 5.02 Å². The molecule has 1 atom stereocenters. The van der Waals surface area contributed by atoms with Crippen molar-refractivity contribution in [2.75, 3.05) is 25.5 Å². The number of hydrogen-bond donors (Lipinski definition) is 2. The highest BCUT2D eigenvalue weighted by Crippen LogP contribution is 2.28. The summed E-state index contributed by atoms with van der Waals surface area (Å²) in [5, 5.41) is 11.9. The van der Waals surface area contributed by atoms with Crippen molar-refractivity contribution in [3.8, 4) is 5.75 Å². The Labute approximate surface area is 127 Å². The number of amides is 2. The van der Waals surface area contributed by atoms with Crippen LogP contribution in [0.5, 0.6) is 5.75 Å². The number of carbonyl (C=O) groups is 2. The molecule has 2 rings (SSSR count). The van der Waals surface area contributed by atoms with Gasteiger partial charge in [-0.05, 0) is 24.5 Å². The van der Waals surface area contributed by atoms with Crippen molar-refractivity contribution in [2.24, 2.45) is 5.92 Å². The molecule has 21 heavy (non-hydrogen) atoms. The summed E-state index contributed by atoms with van der Waals surface area (Å²) in [6.45, 7) is 0.991. The molecule has 1 aliphatic rings. The molecule has 1 heterocycles. The zero-order valence-electron chi connectivity index (χ0n) is 11.6. The van der Waals surface area contributed by atoms with Crippen molar-refractivity contribution in [2.45, 2.75) is 12.8 Å². The highest BCUT2D eigenvalue weighted by molar-refractivity contribution is 6.33. The van der Waals surface area contributed by atoms with Gasteiger partial charge in [0.15, 0.2) is 0 Å². The Hall–Kier alpha value is -1.95. The smallest absolute Gasteiger partial charge is 0.321 e. The maximum absolute atomic E-state index is 12.2. The van der Waals surface area contributed by atoms with Gasteiger partial charge in [-0.1, -0.05) is 11.6 Å². The second-order valence-electron chi connectivity index (χ2n) is 4.97. The van der Waals surface area contributed by atoms with Crippen molar-refractivity contribution in [1.82, 2.24) is 4.90 Å².